The van der Waals surface area contributed by atoms with Gasteiger partial charge in [0.1, 0.15) is 5.60 Å². The molecular weight excluding hydrogens is 254 g/mol. The number of fused-ring (bicyclic) bond motifs is 3. The molecule has 0 spiro atoms. The Hall–Kier alpha value is -1.42. The van der Waals surface area contributed by atoms with Crippen LogP contribution in [0.5, 0.6) is 17.2 Å². The first-order chi connectivity index (χ1) is 9.46. The van der Waals surface area contributed by atoms with Crippen LogP contribution in [0, 0.1) is 5.92 Å². The third-order valence-electron chi connectivity index (χ3n) is 3.75. The SMILES string of the molecule is CC(C)CNC1CC(C)(C)Oc2c1ccc1c2OCO1. The summed E-state index contributed by atoms with van der Waals surface area (Å²) >= 11 is 0. The van der Waals surface area contributed by atoms with Crippen LogP contribution in [-0.4, -0.2) is 18.9 Å². The van der Waals surface area contributed by atoms with Crippen LogP contribution in [0.2, 0.25) is 0 Å². The summed E-state index contributed by atoms with van der Waals surface area (Å²) in [7, 11) is 0. The van der Waals surface area contributed by atoms with Gasteiger partial charge in [-0.25, -0.2) is 0 Å². The molecule has 2 aliphatic heterocycles. The first kappa shape index (κ1) is 13.6. The minimum atomic E-state index is -0.206. The zero-order valence-corrected chi connectivity index (χ0v) is 12.7. The number of ether oxygens (including phenoxy) is 3. The van der Waals surface area contributed by atoms with Gasteiger partial charge in [-0.1, -0.05) is 13.8 Å². The second-order valence-corrected chi connectivity index (χ2v) is 6.64. The van der Waals surface area contributed by atoms with Gasteiger partial charge in [0.05, 0.1) is 0 Å². The highest BCUT2D eigenvalue weighted by Crippen LogP contribution is 2.50. The molecule has 1 aromatic rings. The molecule has 1 N–H and O–H groups in total. The third-order valence-corrected chi connectivity index (χ3v) is 3.75. The molecule has 0 fully saturated rings. The molecule has 0 aliphatic carbocycles. The van der Waals surface area contributed by atoms with E-state index in [1.807, 2.05) is 6.07 Å². The summed E-state index contributed by atoms with van der Waals surface area (Å²) in [6.45, 7) is 9.95. The molecule has 1 aromatic carbocycles. The fraction of sp³-hybridized carbons (Fsp3) is 0.625. The summed E-state index contributed by atoms with van der Waals surface area (Å²) in [6.07, 6.45) is 0.951. The third kappa shape index (κ3) is 2.44. The largest absolute Gasteiger partial charge is 0.483 e. The van der Waals surface area contributed by atoms with Crippen molar-refractivity contribution in [2.75, 3.05) is 13.3 Å². The van der Waals surface area contributed by atoms with Crippen molar-refractivity contribution in [1.82, 2.24) is 5.32 Å². The average molecular weight is 277 g/mol. The van der Waals surface area contributed by atoms with E-state index in [2.05, 4.69) is 39.1 Å². The Labute approximate surface area is 120 Å². The summed E-state index contributed by atoms with van der Waals surface area (Å²) in [5.41, 5.74) is 0.970. The molecule has 4 heteroatoms. The molecule has 2 aliphatic rings. The highest BCUT2D eigenvalue weighted by molar-refractivity contribution is 5.58. The predicted molar refractivity (Wildman–Crippen MR) is 77.5 cm³/mol. The highest BCUT2D eigenvalue weighted by Gasteiger charge is 2.37. The van der Waals surface area contributed by atoms with E-state index in [4.69, 9.17) is 14.2 Å². The Kier molecular flexibility index (Phi) is 3.28. The van der Waals surface area contributed by atoms with Crippen molar-refractivity contribution in [3.63, 3.8) is 0 Å². The minimum Gasteiger partial charge on any atom is -0.483 e. The first-order valence-corrected chi connectivity index (χ1v) is 7.31. The van der Waals surface area contributed by atoms with E-state index in [0.29, 0.717) is 12.0 Å². The lowest BCUT2D eigenvalue weighted by Crippen LogP contribution is -2.40. The second kappa shape index (κ2) is 4.85. The molecule has 1 unspecified atom stereocenters. The van der Waals surface area contributed by atoms with Gasteiger partial charge < -0.3 is 19.5 Å². The lowest BCUT2D eigenvalue weighted by atomic mass is 9.89. The van der Waals surface area contributed by atoms with Crippen molar-refractivity contribution >= 4 is 0 Å². The summed E-state index contributed by atoms with van der Waals surface area (Å²) in [6, 6.07) is 4.37. The molecule has 0 saturated heterocycles. The zero-order chi connectivity index (χ0) is 14.3. The maximum absolute atomic E-state index is 6.15. The van der Waals surface area contributed by atoms with Gasteiger partial charge in [0.15, 0.2) is 11.5 Å². The van der Waals surface area contributed by atoms with E-state index in [1.165, 1.54) is 5.56 Å². The van der Waals surface area contributed by atoms with E-state index in [-0.39, 0.29) is 12.4 Å². The van der Waals surface area contributed by atoms with E-state index >= 15 is 0 Å². The van der Waals surface area contributed by atoms with E-state index in [0.717, 1.165) is 30.2 Å². The van der Waals surface area contributed by atoms with Gasteiger partial charge in [-0.2, -0.15) is 0 Å². The maximum atomic E-state index is 6.15. The Morgan fingerprint density at radius 1 is 1.25 bits per heavy atom. The molecule has 2 heterocycles. The topological polar surface area (TPSA) is 39.7 Å². The van der Waals surface area contributed by atoms with Crippen LogP contribution in [0.3, 0.4) is 0 Å². The second-order valence-electron chi connectivity index (χ2n) is 6.64. The lowest BCUT2D eigenvalue weighted by Gasteiger charge is -2.38. The Morgan fingerprint density at radius 3 is 2.80 bits per heavy atom. The van der Waals surface area contributed by atoms with Crippen molar-refractivity contribution in [3.8, 4) is 17.2 Å². The quantitative estimate of drug-likeness (QED) is 0.920. The predicted octanol–water partition coefficient (Wildman–Crippen LogP) is 3.26. The fourth-order valence-electron chi connectivity index (χ4n) is 2.82. The molecule has 110 valence electrons. The molecule has 20 heavy (non-hydrogen) atoms. The molecule has 4 nitrogen and oxygen atoms in total. The number of nitrogens with one attached hydrogen (secondary N) is 1. The van der Waals surface area contributed by atoms with Crippen LogP contribution < -0.4 is 19.5 Å². The van der Waals surface area contributed by atoms with Gasteiger partial charge in [0.25, 0.3) is 0 Å². The van der Waals surface area contributed by atoms with Gasteiger partial charge in [-0.15, -0.1) is 0 Å². The summed E-state index contributed by atoms with van der Waals surface area (Å²) in [5, 5.41) is 3.65. The Balaban J connectivity index is 1.96. The van der Waals surface area contributed by atoms with Crippen LogP contribution in [0.15, 0.2) is 12.1 Å². The Morgan fingerprint density at radius 2 is 2.05 bits per heavy atom. The van der Waals surface area contributed by atoms with Gasteiger partial charge in [0.2, 0.25) is 12.5 Å². The Bertz CT molecular complexity index is 511. The molecule has 1 atom stereocenters. The maximum Gasteiger partial charge on any atom is 0.231 e. The van der Waals surface area contributed by atoms with Crippen LogP contribution in [0.4, 0.5) is 0 Å². The van der Waals surface area contributed by atoms with E-state index in [1.54, 1.807) is 0 Å². The number of benzene rings is 1. The fourth-order valence-corrected chi connectivity index (χ4v) is 2.82. The summed E-state index contributed by atoms with van der Waals surface area (Å²) < 4.78 is 17.2. The molecule has 0 bridgehead atoms. The molecule has 0 radical (unpaired) electrons. The monoisotopic (exact) mass is 277 g/mol. The van der Waals surface area contributed by atoms with Gasteiger partial charge >= 0.3 is 0 Å². The first-order valence-electron chi connectivity index (χ1n) is 7.31. The van der Waals surface area contributed by atoms with Crippen LogP contribution in [0.1, 0.15) is 45.7 Å². The van der Waals surface area contributed by atoms with Gasteiger partial charge in [0, 0.05) is 18.0 Å². The van der Waals surface area contributed by atoms with Crippen molar-refractivity contribution < 1.29 is 14.2 Å². The molecule has 0 saturated carbocycles. The smallest absolute Gasteiger partial charge is 0.231 e. The molecular formula is C16H23NO3. The van der Waals surface area contributed by atoms with Crippen molar-refractivity contribution in [2.24, 2.45) is 5.92 Å². The van der Waals surface area contributed by atoms with Crippen LogP contribution in [-0.2, 0) is 0 Å². The zero-order valence-electron chi connectivity index (χ0n) is 12.7. The van der Waals surface area contributed by atoms with Gasteiger partial charge in [-0.3, -0.25) is 0 Å². The van der Waals surface area contributed by atoms with Crippen LogP contribution >= 0.6 is 0 Å². The number of hydrogen-bond acceptors (Lipinski definition) is 4. The normalized spacial score (nSPS) is 22.6. The minimum absolute atomic E-state index is 0.206. The van der Waals surface area contributed by atoms with Crippen molar-refractivity contribution in [1.29, 1.82) is 0 Å². The average Bonchev–Trinajstić information content (AvgIpc) is 2.83. The van der Waals surface area contributed by atoms with Crippen molar-refractivity contribution in [2.45, 2.75) is 45.8 Å². The standard InChI is InChI=1S/C16H23NO3/c1-10(2)8-17-12-7-16(3,4)20-14-11(12)5-6-13-15(14)19-9-18-13/h5-6,10,12,17H,7-9H2,1-4H3. The van der Waals surface area contributed by atoms with E-state index < -0.39 is 0 Å². The summed E-state index contributed by atoms with van der Waals surface area (Å²) in [4.78, 5) is 0. The summed E-state index contributed by atoms with van der Waals surface area (Å²) in [5.74, 6) is 3.01. The number of hydrogen-bond donors (Lipinski definition) is 1. The van der Waals surface area contributed by atoms with E-state index in [9.17, 15) is 0 Å². The molecule has 0 aromatic heterocycles. The van der Waals surface area contributed by atoms with Crippen molar-refractivity contribution in [3.05, 3.63) is 17.7 Å². The number of rotatable bonds is 3. The molecule has 0 amide bonds. The highest BCUT2D eigenvalue weighted by atomic mass is 16.7. The van der Waals surface area contributed by atoms with Crippen LogP contribution in [0.25, 0.3) is 0 Å². The lowest BCUT2D eigenvalue weighted by molar-refractivity contribution is 0.0606. The van der Waals surface area contributed by atoms with Gasteiger partial charge in [-0.05, 0) is 38.4 Å². The molecule has 3 rings (SSSR count).